The van der Waals surface area contributed by atoms with Gasteiger partial charge in [-0.2, -0.15) is 0 Å². The molecule has 1 aliphatic rings. The molecule has 1 aliphatic heterocycles. The van der Waals surface area contributed by atoms with Gasteiger partial charge in [-0.3, -0.25) is 4.79 Å². The van der Waals surface area contributed by atoms with Crippen molar-refractivity contribution in [2.75, 3.05) is 19.7 Å². The molecule has 0 aliphatic carbocycles. The maximum absolute atomic E-state index is 13.5. The molecule has 5 nitrogen and oxygen atoms in total. The maximum Gasteiger partial charge on any atom is 0.258 e. The molecule has 5 rings (SSSR count). The molecule has 1 atom stereocenters. The van der Waals surface area contributed by atoms with E-state index < -0.39 is 0 Å². The minimum atomic E-state index is -0.0804. The first-order valence-electron chi connectivity index (χ1n) is 10.7. The normalized spacial score (nSPS) is 16.0. The van der Waals surface area contributed by atoms with Crippen molar-refractivity contribution in [1.82, 2.24) is 9.88 Å². The average Bonchev–Trinajstić information content (AvgIpc) is 3.27. The molecule has 1 unspecified atom stereocenters. The van der Waals surface area contributed by atoms with Gasteiger partial charge in [0.1, 0.15) is 11.9 Å². The summed E-state index contributed by atoms with van der Waals surface area (Å²) in [6.45, 7) is 3.62. The zero-order valence-electron chi connectivity index (χ0n) is 17.5. The number of rotatable bonds is 5. The summed E-state index contributed by atoms with van der Waals surface area (Å²) in [6.07, 6.45) is 0.692. The summed E-state index contributed by atoms with van der Waals surface area (Å²) < 4.78 is 11.9. The SMILES string of the molecule is CCOc1ccc2ccccc2c1C(=O)N1CCC(Oc2ccc3ccccc3n2)C1. The molecule has 0 saturated carbocycles. The highest BCUT2D eigenvalue weighted by Crippen LogP contribution is 2.31. The van der Waals surface area contributed by atoms with E-state index in [1.54, 1.807) is 0 Å². The molecule has 156 valence electrons. The first-order chi connectivity index (χ1) is 15.2. The predicted octanol–water partition coefficient (Wildman–Crippen LogP) is 5.08. The lowest BCUT2D eigenvalue weighted by Crippen LogP contribution is -2.31. The molecule has 0 N–H and O–H groups in total. The highest BCUT2D eigenvalue weighted by atomic mass is 16.5. The van der Waals surface area contributed by atoms with Crippen molar-refractivity contribution >= 4 is 27.6 Å². The summed E-state index contributed by atoms with van der Waals surface area (Å²) in [5, 5.41) is 3.03. The Hall–Kier alpha value is -3.60. The van der Waals surface area contributed by atoms with Gasteiger partial charge in [0.15, 0.2) is 0 Å². The number of para-hydroxylation sites is 1. The largest absolute Gasteiger partial charge is 0.493 e. The highest BCUT2D eigenvalue weighted by molar-refractivity contribution is 6.09. The van der Waals surface area contributed by atoms with Crippen molar-refractivity contribution in [2.24, 2.45) is 0 Å². The Bertz CT molecular complexity index is 1250. The van der Waals surface area contributed by atoms with E-state index in [4.69, 9.17) is 9.47 Å². The second kappa shape index (κ2) is 8.26. The van der Waals surface area contributed by atoms with E-state index in [0.717, 1.165) is 28.1 Å². The van der Waals surface area contributed by atoms with Crippen LogP contribution in [0.25, 0.3) is 21.7 Å². The number of fused-ring (bicyclic) bond motifs is 2. The third-order valence-electron chi connectivity index (χ3n) is 5.70. The van der Waals surface area contributed by atoms with Gasteiger partial charge in [0.2, 0.25) is 5.88 Å². The fourth-order valence-corrected chi connectivity index (χ4v) is 4.20. The van der Waals surface area contributed by atoms with Gasteiger partial charge in [-0.25, -0.2) is 4.98 Å². The predicted molar refractivity (Wildman–Crippen MR) is 122 cm³/mol. The third kappa shape index (κ3) is 3.79. The van der Waals surface area contributed by atoms with Crippen LogP contribution in [-0.2, 0) is 0 Å². The number of hydrogen-bond donors (Lipinski definition) is 0. The average molecular weight is 412 g/mol. The summed E-state index contributed by atoms with van der Waals surface area (Å²) in [7, 11) is 0. The second-order valence-corrected chi connectivity index (χ2v) is 7.71. The number of hydrogen-bond acceptors (Lipinski definition) is 4. The van der Waals surface area contributed by atoms with E-state index in [2.05, 4.69) is 4.98 Å². The number of carbonyl (C=O) groups is 1. The van der Waals surface area contributed by atoms with Crippen LogP contribution < -0.4 is 9.47 Å². The van der Waals surface area contributed by atoms with Crippen molar-refractivity contribution < 1.29 is 14.3 Å². The molecule has 1 saturated heterocycles. The first-order valence-corrected chi connectivity index (χ1v) is 10.7. The first kappa shape index (κ1) is 19.4. The molecule has 0 spiro atoms. The number of nitrogens with zero attached hydrogens (tertiary/aromatic N) is 2. The quantitative estimate of drug-likeness (QED) is 0.459. The zero-order valence-corrected chi connectivity index (χ0v) is 17.5. The Morgan fingerprint density at radius 3 is 2.65 bits per heavy atom. The minimum absolute atomic E-state index is 0.0159. The number of carbonyl (C=O) groups excluding carboxylic acids is 1. The van der Waals surface area contributed by atoms with Crippen LogP contribution in [0, 0.1) is 0 Å². The molecule has 1 aromatic heterocycles. The van der Waals surface area contributed by atoms with E-state index in [1.807, 2.05) is 84.6 Å². The summed E-state index contributed by atoms with van der Waals surface area (Å²) >= 11 is 0. The molecule has 0 radical (unpaired) electrons. The molecular formula is C26H24N2O3. The zero-order chi connectivity index (χ0) is 21.2. The van der Waals surface area contributed by atoms with Crippen molar-refractivity contribution in [3.8, 4) is 11.6 Å². The van der Waals surface area contributed by atoms with Crippen molar-refractivity contribution in [1.29, 1.82) is 0 Å². The molecule has 1 amide bonds. The van der Waals surface area contributed by atoms with Gasteiger partial charge in [0.25, 0.3) is 5.91 Å². The summed E-state index contributed by atoms with van der Waals surface area (Å²) in [6, 6.07) is 23.7. The topological polar surface area (TPSA) is 51.7 Å². The van der Waals surface area contributed by atoms with Gasteiger partial charge < -0.3 is 14.4 Å². The van der Waals surface area contributed by atoms with Crippen molar-refractivity contribution in [2.45, 2.75) is 19.4 Å². The Morgan fingerprint density at radius 1 is 1.00 bits per heavy atom. The molecule has 31 heavy (non-hydrogen) atoms. The molecule has 4 aromatic rings. The van der Waals surface area contributed by atoms with Gasteiger partial charge in [-0.15, -0.1) is 0 Å². The Labute approximate surface area is 181 Å². The Morgan fingerprint density at radius 2 is 1.77 bits per heavy atom. The fourth-order valence-electron chi connectivity index (χ4n) is 4.20. The summed E-state index contributed by atoms with van der Waals surface area (Å²) in [4.78, 5) is 20.0. The van der Waals surface area contributed by atoms with Gasteiger partial charge in [0.05, 0.1) is 24.2 Å². The number of pyridine rings is 1. The van der Waals surface area contributed by atoms with E-state index in [-0.39, 0.29) is 12.0 Å². The van der Waals surface area contributed by atoms with Gasteiger partial charge >= 0.3 is 0 Å². The van der Waals surface area contributed by atoms with Crippen LogP contribution in [0.2, 0.25) is 0 Å². The van der Waals surface area contributed by atoms with E-state index in [9.17, 15) is 4.79 Å². The van der Waals surface area contributed by atoms with Crippen molar-refractivity contribution in [3.05, 3.63) is 78.4 Å². The fraction of sp³-hybridized carbons (Fsp3) is 0.231. The minimum Gasteiger partial charge on any atom is -0.493 e. The summed E-state index contributed by atoms with van der Waals surface area (Å²) in [5.74, 6) is 1.21. The van der Waals surface area contributed by atoms with Crippen LogP contribution in [0.4, 0.5) is 0 Å². The van der Waals surface area contributed by atoms with Crippen LogP contribution in [0.1, 0.15) is 23.7 Å². The maximum atomic E-state index is 13.5. The van der Waals surface area contributed by atoms with Crippen LogP contribution in [0.5, 0.6) is 11.6 Å². The van der Waals surface area contributed by atoms with Gasteiger partial charge in [-0.05, 0) is 35.9 Å². The van der Waals surface area contributed by atoms with Crippen LogP contribution in [0.15, 0.2) is 72.8 Å². The van der Waals surface area contributed by atoms with Gasteiger partial charge in [0, 0.05) is 24.4 Å². The van der Waals surface area contributed by atoms with E-state index in [1.165, 1.54) is 0 Å². The molecule has 2 heterocycles. The van der Waals surface area contributed by atoms with E-state index >= 15 is 0 Å². The Balaban J connectivity index is 1.37. The third-order valence-corrected chi connectivity index (χ3v) is 5.70. The Kier molecular flexibility index (Phi) is 5.16. The monoisotopic (exact) mass is 412 g/mol. The lowest BCUT2D eigenvalue weighted by Gasteiger charge is -2.20. The number of benzene rings is 3. The molecule has 5 heteroatoms. The summed E-state index contributed by atoms with van der Waals surface area (Å²) in [5.41, 5.74) is 1.53. The number of ether oxygens (including phenoxy) is 2. The number of likely N-dealkylation sites (tertiary alicyclic amines) is 1. The second-order valence-electron chi connectivity index (χ2n) is 7.71. The lowest BCUT2D eigenvalue weighted by atomic mass is 10.0. The van der Waals surface area contributed by atoms with Crippen LogP contribution in [-0.4, -0.2) is 41.6 Å². The van der Waals surface area contributed by atoms with Crippen LogP contribution >= 0.6 is 0 Å². The highest BCUT2D eigenvalue weighted by Gasteiger charge is 2.31. The smallest absolute Gasteiger partial charge is 0.258 e. The molecule has 0 bridgehead atoms. The number of amides is 1. The number of aromatic nitrogens is 1. The van der Waals surface area contributed by atoms with E-state index in [0.29, 0.717) is 36.9 Å². The standard InChI is InChI=1S/C26H24N2O3/c1-2-30-23-13-11-18-7-3-5-9-21(18)25(23)26(29)28-16-15-20(17-28)31-24-14-12-19-8-4-6-10-22(19)27-24/h3-14,20H,2,15-17H2,1H3. The van der Waals surface area contributed by atoms with Gasteiger partial charge in [-0.1, -0.05) is 48.5 Å². The molecule has 3 aromatic carbocycles. The molecular weight excluding hydrogens is 388 g/mol. The van der Waals surface area contributed by atoms with Crippen molar-refractivity contribution in [3.63, 3.8) is 0 Å². The van der Waals surface area contributed by atoms with Crippen LogP contribution in [0.3, 0.4) is 0 Å². The molecule has 1 fully saturated rings. The lowest BCUT2D eigenvalue weighted by molar-refractivity contribution is 0.0769.